The highest BCUT2D eigenvalue weighted by Crippen LogP contribution is 2.16. The first-order chi connectivity index (χ1) is 9.24. The van der Waals surface area contributed by atoms with E-state index in [9.17, 15) is 0 Å². The number of imidazole rings is 1. The second kappa shape index (κ2) is 6.12. The van der Waals surface area contributed by atoms with Gasteiger partial charge in [-0.2, -0.15) is 15.0 Å². The molecule has 0 unspecified atom stereocenters. The van der Waals surface area contributed by atoms with Crippen LogP contribution in [0.4, 0.5) is 5.95 Å². The lowest BCUT2D eigenvalue weighted by Gasteiger charge is -2.07. The Morgan fingerprint density at radius 3 is 2.79 bits per heavy atom. The van der Waals surface area contributed by atoms with Gasteiger partial charge < -0.3 is 15.0 Å². The highest BCUT2D eigenvalue weighted by Gasteiger charge is 2.12. The van der Waals surface area contributed by atoms with Crippen molar-refractivity contribution < 1.29 is 4.74 Å². The molecule has 2 aromatic heterocycles. The topological polar surface area (TPSA) is 91.7 Å². The SMILES string of the molecule is CCCOc1nc(N)nc(-c2nccn2CCC)n1. The molecule has 2 N–H and O–H groups in total. The first-order valence-electron chi connectivity index (χ1n) is 6.40. The predicted molar refractivity (Wildman–Crippen MR) is 71.5 cm³/mol. The molecule has 19 heavy (non-hydrogen) atoms. The summed E-state index contributed by atoms with van der Waals surface area (Å²) in [5, 5.41) is 0. The van der Waals surface area contributed by atoms with Gasteiger partial charge in [0.1, 0.15) is 0 Å². The lowest BCUT2D eigenvalue weighted by atomic mass is 10.4. The summed E-state index contributed by atoms with van der Waals surface area (Å²) in [7, 11) is 0. The molecule has 7 heteroatoms. The standard InChI is InChI=1S/C12H18N6O/c1-3-6-18-7-5-14-10(18)9-15-11(13)17-12(16-9)19-8-4-2/h5,7H,3-4,6,8H2,1-2H3,(H2,13,15,16,17). The van der Waals surface area contributed by atoms with Crippen LogP contribution in [0.25, 0.3) is 11.6 Å². The molecule has 0 aliphatic rings. The maximum atomic E-state index is 5.68. The minimum Gasteiger partial charge on any atom is -0.463 e. The molecular weight excluding hydrogens is 244 g/mol. The minimum atomic E-state index is 0.141. The van der Waals surface area contributed by atoms with Gasteiger partial charge in [-0.15, -0.1) is 0 Å². The molecule has 0 bridgehead atoms. The zero-order valence-electron chi connectivity index (χ0n) is 11.2. The summed E-state index contributed by atoms with van der Waals surface area (Å²) in [4.78, 5) is 16.6. The summed E-state index contributed by atoms with van der Waals surface area (Å²) >= 11 is 0. The number of aryl methyl sites for hydroxylation is 1. The van der Waals surface area contributed by atoms with Crippen molar-refractivity contribution in [3.63, 3.8) is 0 Å². The molecule has 0 fully saturated rings. The maximum Gasteiger partial charge on any atom is 0.321 e. The second-order valence-electron chi connectivity index (χ2n) is 4.09. The molecule has 0 aliphatic heterocycles. The molecule has 7 nitrogen and oxygen atoms in total. The average Bonchev–Trinajstić information content (AvgIpc) is 2.84. The van der Waals surface area contributed by atoms with Crippen LogP contribution in [-0.2, 0) is 6.54 Å². The molecule has 0 saturated heterocycles. The highest BCUT2D eigenvalue weighted by atomic mass is 16.5. The first kappa shape index (κ1) is 13.3. The van der Waals surface area contributed by atoms with Crippen molar-refractivity contribution in [2.75, 3.05) is 12.3 Å². The zero-order valence-corrected chi connectivity index (χ0v) is 11.2. The molecule has 0 amide bonds. The molecule has 0 saturated carbocycles. The molecular formula is C12H18N6O. The van der Waals surface area contributed by atoms with Crippen molar-refractivity contribution in [3.05, 3.63) is 12.4 Å². The first-order valence-corrected chi connectivity index (χ1v) is 6.40. The molecule has 2 rings (SSSR count). The number of nitrogens with two attached hydrogens (primary N) is 1. The van der Waals surface area contributed by atoms with Gasteiger partial charge in [-0.1, -0.05) is 13.8 Å². The van der Waals surface area contributed by atoms with Crippen molar-refractivity contribution in [1.29, 1.82) is 0 Å². The smallest absolute Gasteiger partial charge is 0.321 e. The summed E-state index contributed by atoms with van der Waals surface area (Å²) in [5.74, 6) is 1.26. The van der Waals surface area contributed by atoms with Crippen LogP contribution in [0.1, 0.15) is 26.7 Å². The third kappa shape index (κ3) is 3.18. The lowest BCUT2D eigenvalue weighted by Crippen LogP contribution is -2.08. The molecule has 0 aromatic carbocycles. The summed E-state index contributed by atoms with van der Waals surface area (Å²) in [6, 6.07) is 0.246. The van der Waals surface area contributed by atoms with E-state index in [1.165, 1.54) is 0 Å². The Hall–Kier alpha value is -2.18. The fourth-order valence-corrected chi connectivity index (χ4v) is 1.67. The van der Waals surface area contributed by atoms with Crippen molar-refractivity contribution in [3.8, 4) is 17.7 Å². The van der Waals surface area contributed by atoms with Gasteiger partial charge in [-0.3, -0.25) is 0 Å². The van der Waals surface area contributed by atoms with Crippen LogP contribution in [0, 0.1) is 0 Å². The number of aromatic nitrogens is 5. The molecule has 2 heterocycles. The number of ether oxygens (including phenoxy) is 1. The Morgan fingerprint density at radius 2 is 2.05 bits per heavy atom. The third-order valence-corrected chi connectivity index (χ3v) is 2.45. The largest absolute Gasteiger partial charge is 0.463 e. The van der Waals surface area contributed by atoms with Gasteiger partial charge in [0, 0.05) is 18.9 Å². The number of anilines is 1. The average molecular weight is 262 g/mol. The molecule has 0 atom stereocenters. The van der Waals surface area contributed by atoms with Crippen molar-refractivity contribution in [2.45, 2.75) is 33.2 Å². The Kier molecular flexibility index (Phi) is 4.27. The molecule has 102 valence electrons. The molecule has 0 radical (unpaired) electrons. The summed E-state index contributed by atoms with van der Waals surface area (Å²) in [6.07, 6.45) is 5.50. The van der Waals surface area contributed by atoms with E-state index in [0.717, 1.165) is 19.4 Å². The van der Waals surface area contributed by atoms with E-state index in [1.807, 2.05) is 17.7 Å². The van der Waals surface area contributed by atoms with E-state index in [0.29, 0.717) is 18.3 Å². The highest BCUT2D eigenvalue weighted by molar-refractivity contribution is 5.46. The number of hydrogen-bond donors (Lipinski definition) is 1. The lowest BCUT2D eigenvalue weighted by molar-refractivity contribution is 0.292. The van der Waals surface area contributed by atoms with Crippen LogP contribution in [0.2, 0.25) is 0 Å². The molecule has 0 spiro atoms. The van der Waals surface area contributed by atoms with Crippen molar-refractivity contribution >= 4 is 5.95 Å². The van der Waals surface area contributed by atoms with E-state index in [1.54, 1.807) is 6.20 Å². The van der Waals surface area contributed by atoms with Gasteiger partial charge >= 0.3 is 6.01 Å². The Morgan fingerprint density at radius 1 is 1.21 bits per heavy atom. The Balaban J connectivity index is 2.32. The van der Waals surface area contributed by atoms with E-state index in [-0.39, 0.29) is 12.0 Å². The van der Waals surface area contributed by atoms with E-state index < -0.39 is 0 Å². The number of rotatable bonds is 6. The minimum absolute atomic E-state index is 0.141. The van der Waals surface area contributed by atoms with Crippen LogP contribution >= 0.6 is 0 Å². The predicted octanol–water partition coefficient (Wildman–Crippen LogP) is 1.52. The Labute approximate surface area is 111 Å². The fraction of sp³-hybridized carbons (Fsp3) is 0.500. The maximum absolute atomic E-state index is 5.68. The van der Waals surface area contributed by atoms with Crippen LogP contribution in [-0.4, -0.2) is 31.1 Å². The fourth-order valence-electron chi connectivity index (χ4n) is 1.67. The molecule has 2 aromatic rings. The van der Waals surface area contributed by atoms with Gasteiger partial charge in [0.2, 0.25) is 11.8 Å². The quantitative estimate of drug-likeness (QED) is 0.848. The van der Waals surface area contributed by atoms with E-state index in [2.05, 4.69) is 26.9 Å². The summed E-state index contributed by atoms with van der Waals surface area (Å²) < 4.78 is 7.38. The van der Waals surface area contributed by atoms with Gasteiger partial charge in [0.05, 0.1) is 6.61 Å². The number of hydrogen-bond acceptors (Lipinski definition) is 6. The van der Waals surface area contributed by atoms with Crippen LogP contribution in [0.3, 0.4) is 0 Å². The van der Waals surface area contributed by atoms with Gasteiger partial charge in [-0.05, 0) is 12.8 Å². The summed E-state index contributed by atoms with van der Waals surface area (Å²) in [6.45, 7) is 5.51. The van der Waals surface area contributed by atoms with E-state index in [4.69, 9.17) is 10.5 Å². The third-order valence-electron chi connectivity index (χ3n) is 2.45. The zero-order chi connectivity index (χ0) is 13.7. The van der Waals surface area contributed by atoms with Crippen LogP contribution in [0.5, 0.6) is 6.01 Å². The van der Waals surface area contributed by atoms with Crippen LogP contribution in [0.15, 0.2) is 12.4 Å². The van der Waals surface area contributed by atoms with Crippen molar-refractivity contribution in [2.24, 2.45) is 0 Å². The van der Waals surface area contributed by atoms with Gasteiger partial charge in [0.15, 0.2) is 5.82 Å². The summed E-state index contributed by atoms with van der Waals surface area (Å²) in [5.41, 5.74) is 5.68. The van der Waals surface area contributed by atoms with Crippen LogP contribution < -0.4 is 10.5 Å². The molecule has 0 aliphatic carbocycles. The number of nitrogens with zero attached hydrogens (tertiary/aromatic N) is 5. The second-order valence-corrected chi connectivity index (χ2v) is 4.09. The van der Waals surface area contributed by atoms with Crippen molar-refractivity contribution in [1.82, 2.24) is 24.5 Å². The Bertz CT molecular complexity index is 539. The number of nitrogen functional groups attached to an aromatic ring is 1. The van der Waals surface area contributed by atoms with Gasteiger partial charge in [0.25, 0.3) is 0 Å². The monoisotopic (exact) mass is 262 g/mol. The van der Waals surface area contributed by atoms with Gasteiger partial charge in [-0.25, -0.2) is 4.98 Å². The normalized spacial score (nSPS) is 10.6. The van der Waals surface area contributed by atoms with E-state index >= 15 is 0 Å².